The van der Waals surface area contributed by atoms with Crippen LogP contribution in [0.3, 0.4) is 0 Å². The number of hydrogen-bond acceptors (Lipinski definition) is 4. The first-order chi connectivity index (χ1) is 10.1. The van der Waals surface area contributed by atoms with E-state index in [0.717, 1.165) is 30.6 Å². The van der Waals surface area contributed by atoms with E-state index in [1.165, 1.54) is 0 Å². The zero-order valence-corrected chi connectivity index (χ0v) is 12.7. The van der Waals surface area contributed by atoms with Crippen molar-refractivity contribution in [3.05, 3.63) is 23.8 Å². The lowest BCUT2D eigenvalue weighted by atomic mass is 10.0. The van der Waals surface area contributed by atoms with E-state index in [1.807, 2.05) is 18.2 Å². The van der Waals surface area contributed by atoms with Gasteiger partial charge in [0.1, 0.15) is 11.5 Å². The third-order valence-electron chi connectivity index (χ3n) is 3.58. The molecule has 1 aromatic rings. The molecule has 5 nitrogen and oxygen atoms in total. The lowest BCUT2D eigenvalue weighted by Crippen LogP contribution is -2.30. The van der Waals surface area contributed by atoms with Gasteiger partial charge in [-0.05, 0) is 49.4 Å². The molecule has 0 radical (unpaired) electrons. The number of benzene rings is 1. The maximum absolute atomic E-state index is 11.7. The van der Waals surface area contributed by atoms with Gasteiger partial charge in [0.25, 0.3) is 5.91 Å². The molecule has 1 unspecified atom stereocenters. The molecule has 1 atom stereocenters. The summed E-state index contributed by atoms with van der Waals surface area (Å²) in [5.74, 6) is 1.40. The lowest BCUT2D eigenvalue weighted by molar-refractivity contribution is -0.123. The van der Waals surface area contributed by atoms with E-state index in [2.05, 4.69) is 12.2 Å². The first kappa shape index (κ1) is 15.6. The van der Waals surface area contributed by atoms with Crippen LogP contribution in [-0.2, 0) is 11.2 Å². The van der Waals surface area contributed by atoms with Gasteiger partial charge >= 0.3 is 0 Å². The van der Waals surface area contributed by atoms with Crippen LogP contribution in [0.4, 0.5) is 0 Å². The standard InChI is InChI=1S/C16H24N2O3/c1-3-12(17)8-11-9-14(20-2)6-7-15(11)21-10-16(19)18-13-4-5-13/h6-7,9,12-13H,3-5,8,10,17H2,1-2H3,(H,18,19). The molecule has 0 spiro atoms. The van der Waals surface area contributed by atoms with E-state index in [-0.39, 0.29) is 18.6 Å². The summed E-state index contributed by atoms with van der Waals surface area (Å²) in [6.07, 6.45) is 3.74. The fourth-order valence-corrected chi connectivity index (χ4v) is 2.05. The highest BCUT2D eigenvalue weighted by atomic mass is 16.5. The van der Waals surface area contributed by atoms with Crippen LogP contribution >= 0.6 is 0 Å². The third kappa shape index (κ3) is 4.93. The Bertz CT molecular complexity index is 486. The van der Waals surface area contributed by atoms with Crippen molar-refractivity contribution in [1.29, 1.82) is 0 Å². The van der Waals surface area contributed by atoms with Crippen molar-refractivity contribution >= 4 is 5.91 Å². The van der Waals surface area contributed by atoms with Crippen molar-refractivity contribution in [2.75, 3.05) is 13.7 Å². The molecular formula is C16H24N2O3. The zero-order chi connectivity index (χ0) is 15.2. The van der Waals surface area contributed by atoms with Gasteiger partial charge in [0.2, 0.25) is 0 Å². The minimum atomic E-state index is -0.0703. The van der Waals surface area contributed by atoms with E-state index in [1.54, 1.807) is 7.11 Å². The molecule has 2 rings (SSSR count). The highest BCUT2D eigenvalue weighted by Gasteiger charge is 2.23. The number of hydrogen-bond donors (Lipinski definition) is 2. The number of rotatable bonds is 8. The Labute approximate surface area is 125 Å². The highest BCUT2D eigenvalue weighted by Crippen LogP contribution is 2.26. The second-order valence-corrected chi connectivity index (χ2v) is 5.48. The SMILES string of the molecule is CCC(N)Cc1cc(OC)ccc1OCC(=O)NC1CC1. The molecule has 0 heterocycles. The Morgan fingerprint density at radius 2 is 2.24 bits per heavy atom. The minimum Gasteiger partial charge on any atom is -0.497 e. The number of nitrogens with two attached hydrogens (primary N) is 1. The summed E-state index contributed by atoms with van der Waals surface area (Å²) in [6, 6.07) is 6.00. The number of amides is 1. The molecule has 1 aliphatic carbocycles. The number of nitrogens with one attached hydrogen (secondary N) is 1. The van der Waals surface area contributed by atoms with E-state index in [9.17, 15) is 4.79 Å². The van der Waals surface area contributed by atoms with Crippen LogP contribution in [0, 0.1) is 0 Å². The van der Waals surface area contributed by atoms with Gasteiger partial charge in [-0.1, -0.05) is 6.92 Å². The molecular weight excluding hydrogens is 268 g/mol. The first-order valence-electron chi connectivity index (χ1n) is 7.47. The predicted octanol–water partition coefficient (Wildman–Crippen LogP) is 1.63. The largest absolute Gasteiger partial charge is 0.497 e. The van der Waals surface area contributed by atoms with Gasteiger partial charge in [0.15, 0.2) is 6.61 Å². The van der Waals surface area contributed by atoms with Crippen molar-refractivity contribution in [3.8, 4) is 11.5 Å². The van der Waals surface area contributed by atoms with Crippen molar-refractivity contribution in [3.63, 3.8) is 0 Å². The molecule has 21 heavy (non-hydrogen) atoms. The number of methoxy groups -OCH3 is 1. The average molecular weight is 292 g/mol. The van der Waals surface area contributed by atoms with Gasteiger partial charge in [-0.2, -0.15) is 0 Å². The van der Waals surface area contributed by atoms with Gasteiger partial charge in [-0.25, -0.2) is 0 Å². The Hall–Kier alpha value is -1.75. The van der Waals surface area contributed by atoms with Crippen LogP contribution in [0.5, 0.6) is 11.5 Å². The van der Waals surface area contributed by atoms with E-state index in [4.69, 9.17) is 15.2 Å². The molecule has 0 aromatic heterocycles. The molecule has 3 N–H and O–H groups in total. The summed E-state index contributed by atoms with van der Waals surface area (Å²) >= 11 is 0. The van der Waals surface area contributed by atoms with E-state index < -0.39 is 0 Å². The molecule has 0 bridgehead atoms. The fraction of sp³-hybridized carbons (Fsp3) is 0.562. The fourth-order valence-electron chi connectivity index (χ4n) is 2.05. The summed E-state index contributed by atoms with van der Waals surface area (Å²) in [5, 5.41) is 2.90. The molecule has 5 heteroatoms. The molecule has 1 aromatic carbocycles. The third-order valence-corrected chi connectivity index (χ3v) is 3.58. The van der Waals surface area contributed by atoms with Crippen molar-refractivity contribution in [2.45, 2.75) is 44.7 Å². The zero-order valence-electron chi connectivity index (χ0n) is 12.7. The van der Waals surface area contributed by atoms with Gasteiger partial charge in [-0.3, -0.25) is 4.79 Å². The molecule has 1 aliphatic rings. The normalized spacial score (nSPS) is 15.4. The predicted molar refractivity (Wildman–Crippen MR) is 81.6 cm³/mol. The molecule has 0 saturated heterocycles. The number of carbonyl (C=O) groups excluding carboxylic acids is 1. The van der Waals surface area contributed by atoms with Crippen LogP contribution in [0.25, 0.3) is 0 Å². The van der Waals surface area contributed by atoms with Crippen molar-refractivity contribution < 1.29 is 14.3 Å². The smallest absolute Gasteiger partial charge is 0.258 e. The molecule has 0 aliphatic heterocycles. The van der Waals surface area contributed by atoms with Crippen molar-refractivity contribution in [1.82, 2.24) is 5.32 Å². The Morgan fingerprint density at radius 1 is 1.48 bits per heavy atom. The van der Waals surface area contributed by atoms with Gasteiger partial charge in [-0.15, -0.1) is 0 Å². The van der Waals surface area contributed by atoms with E-state index >= 15 is 0 Å². The quantitative estimate of drug-likeness (QED) is 0.764. The maximum Gasteiger partial charge on any atom is 0.258 e. The Morgan fingerprint density at radius 3 is 2.86 bits per heavy atom. The summed E-state index contributed by atoms with van der Waals surface area (Å²) in [4.78, 5) is 11.7. The highest BCUT2D eigenvalue weighted by molar-refractivity contribution is 5.78. The average Bonchev–Trinajstić information content (AvgIpc) is 3.29. The van der Waals surface area contributed by atoms with Crippen LogP contribution in [0.1, 0.15) is 31.7 Å². The number of carbonyl (C=O) groups is 1. The molecule has 1 saturated carbocycles. The van der Waals surface area contributed by atoms with Crippen LogP contribution in [0.15, 0.2) is 18.2 Å². The van der Waals surface area contributed by atoms with Gasteiger partial charge < -0.3 is 20.5 Å². The number of ether oxygens (including phenoxy) is 2. The second-order valence-electron chi connectivity index (χ2n) is 5.48. The monoisotopic (exact) mass is 292 g/mol. The van der Waals surface area contributed by atoms with E-state index in [0.29, 0.717) is 18.2 Å². The Balaban J connectivity index is 1.99. The summed E-state index contributed by atoms with van der Waals surface area (Å²) in [6.45, 7) is 2.09. The van der Waals surface area contributed by atoms with Crippen LogP contribution in [0.2, 0.25) is 0 Å². The summed E-state index contributed by atoms with van der Waals surface area (Å²) in [7, 11) is 1.63. The summed E-state index contributed by atoms with van der Waals surface area (Å²) < 4.78 is 10.9. The Kier molecular flexibility index (Phi) is 5.44. The van der Waals surface area contributed by atoms with Crippen molar-refractivity contribution in [2.24, 2.45) is 5.73 Å². The molecule has 1 fully saturated rings. The van der Waals surface area contributed by atoms with Crippen LogP contribution < -0.4 is 20.5 Å². The van der Waals surface area contributed by atoms with Gasteiger partial charge in [0, 0.05) is 12.1 Å². The molecule has 116 valence electrons. The van der Waals surface area contributed by atoms with Gasteiger partial charge in [0.05, 0.1) is 7.11 Å². The first-order valence-corrected chi connectivity index (χ1v) is 7.47. The van der Waals surface area contributed by atoms with Crippen LogP contribution in [-0.4, -0.2) is 31.7 Å². The molecule has 1 amide bonds. The minimum absolute atomic E-state index is 0.0389. The maximum atomic E-state index is 11.7. The topological polar surface area (TPSA) is 73.6 Å². The lowest BCUT2D eigenvalue weighted by Gasteiger charge is -2.15. The summed E-state index contributed by atoms with van der Waals surface area (Å²) in [5.41, 5.74) is 6.99. The second kappa shape index (κ2) is 7.31.